The predicted molar refractivity (Wildman–Crippen MR) is 208 cm³/mol. The third kappa shape index (κ3) is 15.4. The van der Waals surface area contributed by atoms with Crippen molar-refractivity contribution >= 4 is 19.2 Å². The van der Waals surface area contributed by atoms with Gasteiger partial charge in [-0.1, -0.05) is 89.9 Å². The quantitative estimate of drug-likeness (QED) is 0.0323. The van der Waals surface area contributed by atoms with E-state index < -0.39 is 69.5 Å². The molecule has 0 saturated carbocycles. The van der Waals surface area contributed by atoms with E-state index in [1.807, 2.05) is 6.07 Å². The number of nitrogen functional groups attached to an aromatic ring is 1. The number of hydrogen-bond acceptors (Lipinski definition) is 12. The Hall–Kier alpha value is -3.71. The molecule has 326 valence electrons. The zero-order valence-electron chi connectivity index (χ0n) is 33.1. The number of aromatic nitrogens is 3. The highest BCUT2D eigenvalue weighted by Gasteiger charge is 2.57. The number of nitrogens with zero attached hydrogens (tertiary/aromatic N) is 5. The van der Waals surface area contributed by atoms with Gasteiger partial charge in [0.15, 0.2) is 5.82 Å². The summed E-state index contributed by atoms with van der Waals surface area (Å²) in [4.78, 5) is 14.5. The lowest BCUT2D eigenvalue weighted by molar-refractivity contribution is -0.135. The number of ether oxygens (including phenoxy) is 2. The first-order valence-corrected chi connectivity index (χ1v) is 21.7. The van der Waals surface area contributed by atoms with Crippen LogP contribution < -0.4 is 5.73 Å². The monoisotopic (exact) mass is 854 g/mol. The van der Waals surface area contributed by atoms with Gasteiger partial charge in [-0.3, -0.25) is 9.05 Å². The number of aliphatic hydroxyl groups is 2. The van der Waals surface area contributed by atoms with E-state index in [9.17, 15) is 47.8 Å². The van der Waals surface area contributed by atoms with Crippen LogP contribution in [-0.2, 0) is 29.7 Å². The van der Waals surface area contributed by atoms with Gasteiger partial charge in [-0.2, -0.15) is 28.8 Å². The molecule has 2 aromatic heterocycles. The molecule has 3 heterocycles. The second-order valence-corrected chi connectivity index (χ2v) is 16.5. The fourth-order valence-electron chi connectivity index (χ4n) is 7.09. The molecule has 1 fully saturated rings. The molecular formula is C40H55F4N6O8P. The molecule has 14 nitrogen and oxygen atoms in total. The molecule has 19 heteroatoms. The summed E-state index contributed by atoms with van der Waals surface area (Å²) in [6.07, 6.45) is 5.25. The number of aliphatic hydroxyl groups excluding tert-OH is 2. The molecule has 1 aliphatic heterocycles. The Morgan fingerprint density at radius 1 is 0.932 bits per heavy atom. The van der Waals surface area contributed by atoms with E-state index in [0.29, 0.717) is 30.3 Å². The van der Waals surface area contributed by atoms with Gasteiger partial charge in [0.05, 0.1) is 36.6 Å². The molecule has 0 amide bonds. The zero-order valence-corrected chi connectivity index (χ0v) is 34.0. The highest BCUT2D eigenvalue weighted by Crippen LogP contribution is 2.48. The van der Waals surface area contributed by atoms with Gasteiger partial charge in [-0.05, 0) is 48.7 Å². The van der Waals surface area contributed by atoms with Crippen molar-refractivity contribution in [2.24, 2.45) is 0 Å². The lowest BCUT2D eigenvalue weighted by atomic mass is 9.96. The molecule has 1 aliphatic rings. The maximum atomic E-state index is 14.1. The summed E-state index contributed by atoms with van der Waals surface area (Å²) in [6, 6.07) is 10.5. The van der Waals surface area contributed by atoms with Gasteiger partial charge in [-0.25, -0.2) is 18.5 Å². The number of fused-ring (bicyclic) bond motifs is 1. The molecule has 6 atom stereocenters. The van der Waals surface area contributed by atoms with Gasteiger partial charge in [-0.15, -0.1) is 0 Å². The normalized spacial score (nSPS) is 21.0. The van der Waals surface area contributed by atoms with Crippen LogP contribution in [0.5, 0.6) is 0 Å². The molecule has 5 N–H and O–H groups in total. The van der Waals surface area contributed by atoms with E-state index >= 15 is 0 Å². The fraction of sp³-hybridized carbons (Fsp3) is 0.650. The number of alkyl halides is 3. The van der Waals surface area contributed by atoms with E-state index in [4.69, 9.17) is 24.3 Å². The molecule has 0 radical (unpaired) electrons. The molecule has 1 unspecified atom stereocenters. The molecule has 0 aliphatic carbocycles. The zero-order chi connectivity index (χ0) is 42.9. The summed E-state index contributed by atoms with van der Waals surface area (Å²) in [7, 11) is -4.91. The highest BCUT2D eigenvalue weighted by atomic mass is 31.2. The van der Waals surface area contributed by atoms with Crippen LogP contribution in [0.15, 0.2) is 36.7 Å². The maximum absolute atomic E-state index is 14.1. The van der Waals surface area contributed by atoms with Crippen molar-refractivity contribution in [2.75, 3.05) is 18.9 Å². The van der Waals surface area contributed by atoms with E-state index in [1.54, 1.807) is 12.1 Å². The Morgan fingerprint density at radius 2 is 1.54 bits per heavy atom. The SMILES string of the molecule is N#Cc1cc(F)cc(CO[C@@H](CCCCCCCCCCCCCCCCCC(F)(F)F)COP(=O)(O)OC[C@@]2(C#N)O[C@@H](c3ccc4c(N)ncnn34)[C@H](O)[C@@H]2O)c1. The Labute approximate surface area is 341 Å². The van der Waals surface area contributed by atoms with Crippen molar-refractivity contribution in [3.8, 4) is 12.1 Å². The van der Waals surface area contributed by atoms with E-state index in [-0.39, 0.29) is 30.1 Å². The van der Waals surface area contributed by atoms with Crippen LogP contribution >= 0.6 is 7.82 Å². The molecule has 0 spiro atoms. The van der Waals surface area contributed by atoms with Crippen molar-refractivity contribution in [2.45, 2.75) is 152 Å². The Kier molecular flexibility index (Phi) is 19.0. The Morgan fingerprint density at radius 3 is 2.14 bits per heavy atom. The van der Waals surface area contributed by atoms with Crippen LogP contribution in [0, 0.1) is 28.5 Å². The number of nitriles is 2. The molecular weight excluding hydrogens is 799 g/mol. The van der Waals surface area contributed by atoms with Crippen molar-refractivity contribution in [1.82, 2.24) is 14.6 Å². The minimum Gasteiger partial charge on any atom is -0.387 e. The smallest absolute Gasteiger partial charge is 0.387 e. The standard InChI is InChI=1S/C40H55F4N6O8P/c41-31-21-29(23-45)20-30(22-31)24-55-32(16-14-12-10-8-6-4-2-1-3-5-7-9-11-13-15-19-40(42,43)44)25-56-59(53,54)57-27-39(26-46)37(52)35(51)36(58-39)33-17-18-34-38(47)48-28-49-50(33)34/h17-18,20-22,28,32,35-37,51-52H,1-16,19,24-25,27H2,(H,53,54)(H2,47,48,49)/t32-,35-,36-,37-,39+/m0/s1. The van der Waals surface area contributed by atoms with Crippen LogP contribution in [0.4, 0.5) is 23.4 Å². The van der Waals surface area contributed by atoms with Gasteiger partial charge in [0.2, 0.25) is 5.60 Å². The minimum atomic E-state index is -4.91. The van der Waals surface area contributed by atoms with Crippen molar-refractivity contribution in [3.63, 3.8) is 0 Å². The number of phosphoric ester groups is 1. The third-order valence-electron chi connectivity index (χ3n) is 10.4. The molecule has 3 aromatic rings. The van der Waals surface area contributed by atoms with E-state index in [0.717, 1.165) is 83.1 Å². The number of benzene rings is 1. The average Bonchev–Trinajstić information content (AvgIpc) is 3.74. The third-order valence-corrected chi connectivity index (χ3v) is 11.3. The maximum Gasteiger partial charge on any atom is 0.472 e. The molecule has 59 heavy (non-hydrogen) atoms. The summed E-state index contributed by atoms with van der Waals surface area (Å²) in [5.41, 5.74) is 4.74. The molecule has 0 bridgehead atoms. The number of unbranched alkanes of at least 4 members (excludes halogenated alkanes) is 14. The van der Waals surface area contributed by atoms with Crippen molar-refractivity contribution < 1.29 is 55.8 Å². The van der Waals surface area contributed by atoms with E-state index in [1.165, 1.54) is 29.0 Å². The van der Waals surface area contributed by atoms with Crippen LogP contribution in [0.1, 0.15) is 132 Å². The molecule has 1 saturated heterocycles. The summed E-state index contributed by atoms with van der Waals surface area (Å²) in [5.74, 6) is -0.471. The number of hydrogen-bond donors (Lipinski definition) is 4. The van der Waals surface area contributed by atoms with Crippen molar-refractivity contribution in [3.05, 3.63) is 59.3 Å². The average molecular weight is 855 g/mol. The minimum absolute atomic E-state index is 0.110. The van der Waals surface area contributed by atoms with Crippen molar-refractivity contribution in [1.29, 1.82) is 10.5 Å². The Balaban J connectivity index is 1.20. The first-order valence-electron chi connectivity index (χ1n) is 20.2. The van der Waals surface area contributed by atoms with Crippen LogP contribution in [0.25, 0.3) is 5.52 Å². The topological polar surface area (TPSA) is 218 Å². The first-order chi connectivity index (χ1) is 28.2. The molecule has 1 aromatic carbocycles. The lowest BCUT2D eigenvalue weighted by Gasteiger charge is -2.26. The van der Waals surface area contributed by atoms with Crippen LogP contribution in [0.3, 0.4) is 0 Å². The summed E-state index contributed by atoms with van der Waals surface area (Å²) < 4.78 is 87.3. The van der Waals surface area contributed by atoms with Gasteiger partial charge < -0.3 is 30.3 Å². The summed E-state index contributed by atoms with van der Waals surface area (Å²) in [6.45, 7) is -1.48. The lowest BCUT2D eigenvalue weighted by Crippen LogP contribution is -2.45. The highest BCUT2D eigenvalue weighted by molar-refractivity contribution is 7.47. The number of rotatable bonds is 27. The van der Waals surface area contributed by atoms with Crippen LogP contribution in [-0.4, -0.2) is 73.0 Å². The number of phosphoric acid groups is 1. The second kappa shape index (κ2) is 23.3. The number of nitrogens with two attached hydrogens (primary N) is 1. The summed E-state index contributed by atoms with van der Waals surface area (Å²) >= 11 is 0. The van der Waals surface area contributed by atoms with E-state index in [2.05, 4.69) is 10.1 Å². The fourth-order valence-corrected chi connectivity index (χ4v) is 7.87. The Bertz CT molecular complexity index is 1890. The van der Waals surface area contributed by atoms with Gasteiger partial charge in [0.1, 0.15) is 48.6 Å². The summed E-state index contributed by atoms with van der Waals surface area (Å²) in [5, 5.41) is 45.1. The predicted octanol–water partition coefficient (Wildman–Crippen LogP) is 8.29. The van der Waals surface area contributed by atoms with Gasteiger partial charge in [0, 0.05) is 6.42 Å². The first kappa shape index (κ1) is 48.0. The number of halogens is 4. The second-order valence-electron chi connectivity index (χ2n) is 15.1. The number of anilines is 1. The van der Waals surface area contributed by atoms with Gasteiger partial charge in [0.25, 0.3) is 0 Å². The largest absolute Gasteiger partial charge is 0.472 e. The van der Waals surface area contributed by atoms with Crippen LogP contribution in [0.2, 0.25) is 0 Å². The van der Waals surface area contributed by atoms with Gasteiger partial charge >= 0.3 is 14.0 Å². The molecule has 4 rings (SSSR count).